The van der Waals surface area contributed by atoms with Crippen LogP contribution in [0.2, 0.25) is 5.02 Å². The van der Waals surface area contributed by atoms with Gasteiger partial charge in [-0.25, -0.2) is 18.7 Å². The van der Waals surface area contributed by atoms with Crippen molar-refractivity contribution in [3.05, 3.63) is 58.4 Å². The van der Waals surface area contributed by atoms with Gasteiger partial charge in [0.05, 0.1) is 5.02 Å². The topological polar surface area (TPSA) is 46.1 Å². The lowest BCUT2D eigenvalue weighted by molar-refractivity contribution is 0.0389. The quantitative estimate of drug-likeness (QED) is 0.746. The van der Waals surface area contributed by atoms with Crippen LogP contribution in [0.1, 0.15) is 50.1 Å². The van der Waals surface area contributed by atoms with E-state index in [0.29, 0.717) is 18.7 Å². The lowest BCUT2D eigenvalue weighted by Crippen LogP contribution is -2.44. The maximum absolute atomic E-state index is 15.4. The van der Waals surface area contributed by atoms with Gasteiger partial charge in [-0.05, 0) is 56.3 Å². The number of halogens is 3. The van der Waals surface area contributed by atoms with E-state index in [2.05, 4.69) is 9.97 Å². The van der Waals surface area contributed by atoms with Gasteiger partial charge >= 0.3 is 0 Å². The number of rotatable bonds is 5. The third kappa shape index (κ3) is 5.01. The molecule has 1 fully saturated rings. The van der Waals surface area contributed by atoms with Crippen molar-refractivity contribution in [3.8, 4) is 0 Å². The van der Waals surface area contributed by atoms with E-state index in [4.69, 9.17) is 14.3 Å². The lowest BCUT2D eigenvalue weighted by Gasteiger charge is -2.36. The van der Waals surface area contributed by atoms with Crippen molar-refractivity contribution in [1.82, 2.24) is 14.9 Å². The molecule has 1 atom stereocenters. The maximum atomic E-state index is 15.4. The number of hydrogen-bond donors (Lipinski definition) is 0. The predicted molar refractivity (Wildman–Crippen MR) is 100 cm³/mol. The van der Waals surface area contributed by atoms with Gasteiger partial charge in [0.1, 0.15) is 17.3 Å². The van der Waals surface area contributed by atoms with Crippen molar-refractivity contribution in [2.24, 2.45) is 0 Å². The summed E-state index contributed by atoms with van der Waals surface area (Å²) in [6.07, 6.45) is 1.94. The summed E-state index contributed by atoms with van der Waals surface area (Å²) < 4.78 is 45.2. The molecule has 0 saturated carbocycles. The molecule has 1 saturated heterocycles. The van der Waals surface area contributed by atoms with Gasteiger partial charge in [-0.3, -0.25) is 4.79 Å². The zero-order chi connectivity index (χ0) is 21.2. The molecule has 27 heavy (non-hydrogen) atoms. The highest BCUT2D eigenvalue weighted by Gasteiger charge is 2.35. The van der Waals surface area contributed by atoms with E-state index in [1.54, 1.807) is 12.4 Å². The predicted octanol–water partition coefficient (Wildman–Crippen LogP) is 4.54. The summed E-state index contributed by atoms with van der Waals surface area (Å²) in [4.78, 5) is 22.3. The average molecular weight is 396 g/mol. The zero-order valence-corrected chi connectivity index (χ0v) is 15.8. The Balaban J connectivity index is 1.63. The molecule has 0 N–H and O–H groups in total. The third-order valence-electron chi connectivity index (χ3n) is 4.63. The van der Waals surface area contributed by atoms with Crippen molar-refractivity contribution >= 4 is 17.5 Å². The molecular weight excluding hydrogens is 372 g/mol. The summed E-state index contributed by atoms with van der Waals surface area (Å²) in [5.74, 6) is -0.538. The first-order chi connectivity index (χ1) is 13.6. The Morgan fingerprint density at radius 3 is 2.78 bits per heavy atom. The largest absolute Gasteiger partial charge is 0.338 e. The average Bonchev–Trinajstić information content (AvgIpc) is 2.67. The summed E-state index contributed by atoms with van der Waals surface area (Å²) in [6.45, 7) is 1.58. The Bertz CT molecular complexity index is 898. The summed E-state index contributed by atoms with van der Waals surface area (Å²) >= 11 is 5.72. The molecule has 2 heterocycles. The standard InChI is InChI=1S/C20H22ClF2N3O/c1-14-12-24-18(25-13-14)3-2-6-20(23)7-9-26(10-8-20)19(27)15-4-5-17(22)16(21)11-15/h4-5,11-13H,2-3,6-10H2,1H3/i7D2. The molecule has 1 unspecified atom stereocenters. The summed E-state index contributed by atoms with van der Waals surface area (Å²) in [7, 11) is 0. The van der Waals surface area contributed by atoms with Crippen LogP contribution in [0.3, 0.4) is 0 Å². The molecular formula is C20H22ClF2N3O. The molecule has 1 aliphatic heterocycles. The Kier molecular flexibility index (Phi) is 5.24. The minimum absolute atomic E-state index is 0.0155. The van der Waals surface area contributed by atoms with Gasteiger partial charge in [0, 0.05) is 40.2 Å². The monoisotopic (exact) mass is 395 g/mol. The number of alkyl halides is 1. The molecule has 144 valence electrons. The number of amides is 1. The molecule has 0 bridgehead atoms. The Hall–Kier alpha value is -2.08. The first kappa shape index (κ1) is 17.0. The van der Waals surface area contributed by atoms with Crippen molar-refractivity contribution < 1.29 is 16.3 Å². The van der Waals surface area contributed by atoms with Gasteiger partial charge in [-0.2, -0.15) is 0 Å². The molecule has 0 aliphatic carbocycles. The van der Waals surface area contributed by atoms with Crippen LogP contribution in [-0.4, -0.2) is 39.5 Å². The van der Waals surface area contributed by atoms with Gasteiger partial charge in [-0.1, -0.05) is 11.6 Å². The first-order valence-electron chi connectivity index (χ1n) is 9.82. The lowest BCUT2D eigenvalue weighted by atomic mass is 9.88. The number of aromatic nitrogens is 2. The zero-order valence-electron chi connectivity index (χ0n) is 17.0. The number of carbonyl (C=O) groups is 1. The minimum Gasteiger partial charge on any atom is -0.338 e. The molecule has 0 radical (unpaired) electrons. The van der Waals surface area contributed by atoms with E-state index in [1.807, 2.05) is 6.92 Å². The third-order valence-corrected chi connectivity index (χ3v) is 4.92. The smallest absolute Gasteiger partial charge is 0.253 e. The van der Waals surface area contributed by atoms with Crippen molar-refractivity contribution in [1.29, 1.82) is 0 Å². The van der Waals surface area contributed by atoms with Crippen LogP contribution in [0.4, 0.5) is 8.78 Å². The highest BCUT2D eigenvalue weighted by molar-refractivity contribution is 6.31. The van der Waals surface area contributed by atoms with E-state index in [1.165, 1.54) is 17.0 Å². The van der Waals surface area contributed by atoms with Crippen LogP contribution in [0, 0.1) is 12.7 Å². The molecule has 4 nitrogen and oxygen atoms in total. The van der Waals surface area contributed by atoms with E-state index >= 15 is 4.39 Å². The molecule has 3 rings (SSSR count). The van der Waals surface area contributed by atoms with Crippen LogP contribution in [0.25, 0.3) is 0 Å². The second-order valence-electron chi connectivity index (χ2n) is 6.78. The summed E-state index contributed by atoms with van der Waals surface area (Å²) in [5.41, 5.74) is -0.962. The van der Waals surface area contributed by atoms with E-state index in [-0.39, 0.29) is 36.5 Å². The maximum Gasteiger partial charge on any atom is 0.253 e. The second kappa shape index (κ2) is 8.30. The van der Waals surface area contributed by atoms with Crippen LogP contribution in [0.15, 0.2) is 30.6 Å². The van der Waals surface area contributed by atoms with Crippen molar-refractivity contribution in [3.63, 3.8) is 0 Å². The number of piperidine rings is 1. The van der Waals surface area contributed by atoms with Crippen LogP contribution >= 0.6 is 11.6 Å². The molecule has 0 spiro atoms. The first-order valence-corrected chi connectivity index (χ1v) is 9.20. The number of nitrogens with zero attached hydrogens (tertiary/aromatic N) is 3. The van der Waals surface area contributed by atoms with Crippen molar-refractivity contribution in [2.75, 3.05) is 13.1 Å². The highest BCUT2D eigenvalue weighted by atomic mass is 35.5. The van der Waals surface area contributed by atoms with E-state index in [9.17, 15) is 9.18 Å². The molecule has 1 amide bonds. The molecule has 7 heteroatoms. The SMILES string of the molecule is [2H]C1([2H])CN(C(=O)c2ccc(F)c(Cl)c2)CCC1(F)CCCc1ncc(C)cn1. The minimum atomic E-state index is -2.21. The summed E-state index contributed by atoms with van der Waals surface area (Å²) in [5, 5.41) is -0.186. The fourth-order valence-corrected chi connectivity index (χ4v) is 3.17. The van der Waals surface area contributed by atoms with Crippen LogP contribution in [-0.2, 0) is 6.42 Å². The van der Waals surface area contributed by atoms with E-state index < -0.39 is 23.8 Å². The van der Waals surface area contributed by atoms with Gasteiger partial charge < -0.3 is 4.90 Å². The number of hydrogen-bond acceptors (Lipinski definition) is 3. The molecule has 1 aromatic heterocycles. The van der Waals surface area contributed by atoms with E-state index in [0.717, 1.165) is 11.6 Å². The fourth-order valence-electron chi connectivity index (χ4n) is 2.99. The molecule has 1 aliphatic rings. The molecule has 2 aromatic rings. The normalized spacial score (nSPS) is 22.9. The second-order valence-corrected chi connectivity index (χ2v) is 7.19. The van der Waals surface area contributed by atoms with Gasteiger partial charge in [0.15, 0.2) is 0 Å². The number of carbonyl (C=O) groups excluding carboxylic acids is 1. The number of aryl methyl sites for hydroxylation is 2. The molecule has 1 aromatic carbocycles. The van der Waals surface area contributed by atoms with Gasteiger partial charge in [0.25, 0.3) is 5.91 Å². The van der Waals surface area contributed by atoms with Gasteiger partial charge in [0.2, 0.25) is 0 Å². The number of likely N-dealkylation sites (tertiary alicyclic amines) is 1. The van der Waals surface area contributed by atoms with Crippen LogP contribution < -0.4 is 0 Å². The Labute approximate surface area is 165 Å². The summed E-state index contributed by atoms with van der Waals surface area (Å²) in [6, 6.07) is 3.58. The Morgan fingerprint density at radius 2 is 2.11 bits per heavy atom. The van der Waals surface area contributed by atoms with Crippen LogP contribution in [0.5, 0.6) is 0 Å². The number of benzene rings is 1. The Morgan fingerprint density at radius 1 is 1.37 bits per heavy atom. The van der Waals surface area contributed by atoms with Gasteiger partial charge in [-0.15, -0.1) is 0 Å². The fraction of sp³-hybridized carbons (Fsp3) is 0.450. The highest BCUT2D eigenvalue weighted by Crippen LogP contribution is 2.32. The van der Waals surface area contributed by atoms with Crippen molar-refractivity contribution in [2.45, 2.75) is 44.6 Å².